The number of hydrogen-bond donors (Lipinski definition) is 2. The molecule has 0 saturated heterocycles. The Morgan fingerprint density at radius 2 is 2.30 bits per heavy atom. The van der Waals surface area contributed by atoms with Gasteiger partial charge in [0.25, 0.3) is 5.91 Å². The van der Waals surface area contributed by atoms with Crippen LogP contribution >= 0.6 is 11.8 Å². The lowest BCUT2D eigenvalue weighted by atomic mass is 10.1. The van der Waals surface area contributed by atoms with E-state index in [1.54, 1.807) is 11.8 Å². The van der Waals surface area contributed by atoms with Gasteiger partial charge in [-0.05, 0) is 30.9 Å². The van der Waals surface area contributed by atoms with E-state index < -0.39 is 5.82 Å². The van der Waals surface area contributed by atoms with Crippen molar-refractivity contribution in [3.05, 3.63) is 35.1 Å². The zero-order valence-electron chi connectivity index (χ0n) is 11.6. The summed E-state index contributed by atoms with van der Waals surface area (Å²) >= 11 is 1.66. The summed E-state index contributed by atoms with van der Waals surface area (Å²) in [5.74, 6) is 4.85. The highest BCUT2D eigenvalue weighted by molar-refractivity contribution is 7.98. The van der Waals surface area contributed by atoms with Crippen LogP contribution in [0.25, 0.3) is 0 Å². The number of aliphatic hydroxyl groups excluding tert-OH is 1. The molecular formula is C15H18FNO2S. The summed E-state index contributed by atoms with van der Waals surface area (Å²) in [5, 5.41) is 11.4. The Kier molecular flexibility index (Phi) is 7.13. The molecule has 1 unspecified atom stereocenters. The van der Waals surface area contributed by atoms with Gasteiger partial charge in [0, 0.05) is 17.4 Å². The number of nitrogens with one attached hydrogen (secondary N) is 1. The zero-order valence-corrected chi connectivity index (χ0v) is 12.4. The molecule has 0 spiro atoms. The molecule has 0 aromatic heterocycles. The molecule has 108 valence electrons. The number of thioether (sulfide) groups is 1. The van der Waals surface area contributed by atoms with E-state index in [1.165, 1.54) is 18.2 Å². The van der Waals surface area contributed by atoms with Gasteiger partial charge in [0.2, 0.25) is 0 Å². The van der Waals surface area contributed by atoms with Gasteiger partial charge in [0.05, 0.1) is 5.56 Å². The summed E-state index contributed by atoms with van der Waals surface area (Å²) in [4.78, 5) is 12.0. The third kappa shape index (κ3) is 4.87. The summed E-state index contributed by atoms with van der Waals surface area (Å²) in [7, 11) is 0. The van der Waals surface area contributed by atoms with Crippen molar-refractivity contribution >= 4 is 17.7 Å². The number of carbonyl (C=O) groups is 1. The zero-order chi connectivity index (χ0) is 15.0. The molecule has 3 nitrogen and oxygen atoms in total. The van der Waals surface area contributed by atoms with Gasteiger partial charge in [0.1, 0.15) is 12.4 Å². The van der Waals surface area contributed by atoms with Crippen LogP contribution in [0.1, 0.15) is 29.3 Å². The number of carbonyl (C=O) groups excluding carboxylic acids is 1. The second-order valence-electron chi connectivity index (χ2n) is 4.19. The average molecular weight is 295 g/mol. The predicted octanol–water partition coefficient (Wildman–Crippen LogP) is 2.04. The molecular weight excluding hydrogens is 277 g/mol. The first-order valence-electron chi connectivity index (χ1n) is 6.31. The van der Waals surface area contributed by atoms with Gasteiger partial charge in [0.15, 0.2) is 0 Å². The molecule has 0 heterocycles. The van der Waals surface area contributed by atoms with Crippen LogP contribution < -0.4 is 5.32 Å². The molecule has 0 aliphatic heterocycles. The molecule has 0 radical (unpaired) electrons. The van der Waals surface area contributed by atoms with Crippen molar-refractivity contribution < 1.29 is 14.3 Å². The first-order valence-corrected chi connectivity index (χ1v) is 7.70. The summed E-state index contributed by atoms with van der Waals surface area (Å²) in [6, 6.07) is 4.23. The highest BCUT2D eigenvalue weighted by Crippen LogP contribution is 2.10. The summed E-state index contributed by atoms with van der Waals surface area (Å²) in [6.45, 7) is 1.67. The van der Waals surface area contributed by atoms with E-state index >= 15 is 0 Å². The van der Waals surface area contributed by atoms with Gasteiger partial charge in [-0.1, -0.05) is 18.8 Å². The molecule has 0 bridgehead atoms. The minimum absolute atomic E-state index is 0.0782. The SMILES string of the molecule is CCC(CSC)NC(=O)c1ccc(C#CCO)c(F)c1. The Balaban J connectivity index is 2.81. The Hall–Kier alpha value is -1.51. The average Bonchev–Trinajstić information content (AvgIpc) is 2.45. The number of rotatable bonds is 5. The Labute approximate surface area is 123 Å². The Bertz CT molecular complexity index is 522. The molecule has 0 aliphatic carbocycles. The van der Waals surface area contributed by atoms with Crippen LogP contribution in [-0.2, 0) is 0 Å². The summed E-state index contributed by atoms with van der Waals surface area (Å²) in [6.07, 6.45) is 2.80. The maximum atomic E-state index is 13.7. The van der Waals surface area contributed by atoms with Gasteiger partial charge in [-0.15, -0.1) is 0 Å². The third-order valence-electron chi connectivity index (χ3n) is 2.73. The molecule has 1 amide bonds. The van der Waals surface area contributed by atoms with Crippen molar-refractivity contribution in [2.24, 2.45) is 0 Å². The minimum atomic E-state index is -0.559. The van der Waals surface area contributed by atoms with E-state index in [2.05, 4.69) is 17.2 Å². The van der Waals surface area contributed by atoms with Crippen molar-refractivity contribution in [2.45, 2.75) is 19.4 Å². The fraction of sp³-hybridized carbons (Fsp3) is 0.400. The van der Waals surface area contributed by atoms with Gasteiger partial charge in [-0.2, -0.15) is 11.8 Å². The molecule has 1 atom stereocenters. The Morgan fingerprint density at radius 3 is 2.85 bits per heavy atom. The molecule has 0 fully saturated rings. The summed E-state index contributed by atoms with van der Waals surface area (Å²) < 4.78 is 13.7. The molecule has 20 heavy (non-hydrogen) atoms. The first-order chi connectivity index (χ1) is 9.62. The van der Waals surface area contributed by atoms with Gasteiger partial charge < -0.3 is 10.4 Å². The van der Waals surface area contributed by atoms with Crippen LogP contribution in [0.15, 0.2) is 18.2 Å². The maximum Gasteiger partial charge on any atom is 0.251 e. The molecule has 1 aromatic carbocycles. The van der Waals surface area contributed by atoms with Crippen LogP contribution in [0.2, 0.25) is 0 Å². The highest BCUT2D eigenvalue weighted by atomic mass is 32.2. The van der Waals surface area contributed by atoms with E-state index in [-0.39, 0.29) is 29.7 Å². The molecule has 2 N–H and O–H groups in total. The van der Waals surface area contributed by atoms with E-state index in [9.17, 15) is 9.18 Å². The second kappa shape index (κ2) is 8.62. The first kappa shape index (κ1) is 16.5. The molecule has 5 heteroatoms. The van der Waals surface area contributed by atoms with E-state index in [1.807, 2.05) is 13.2 Å². The number of halogens is 1. The van der Waals surface area contributed by atoms with Crippen molar-refractivity contribution in [1.29, 1.82) is 0 Å². The molecule has 1 rings (SSSR count). The van der Waals surface area contributed by atoms with Crippen molar-refractivity contribution in [3.63, 3.8) is 0 Å². The fourth-order valence-corrected chi connectivity index (χ4v) is 2.35. The molecule has 0 aliphatic rings. The minimum Gasteiger partial charge on any atom is -0.384 e. The van der Waals surface area contributed by atoms with E-state index in [0.29, 0.717) is 0 Å². The third-order valence-corrected chi connectivity index (χ3v) is 3.46. The fourth-order valence-electron chi connectivity index (χ4n) is 1.62. The summed E-state index contributed by atoms with van der Waals surface area (Å²) in [5.41, 5.74) is 0.448. The normalized spacial score (nSPS) is 11.4. The number of hydrogen-bond acceptors (Lipinski definition) is 3. The monoisotopic (exact) mass is 295 g/mol. The standard InChI is InChI=1S/C15H18FNO2S/c1-3-13(10-20-2)17-15(19)12-7-6-11(5-4-8-18)14(16)9-12/h6-7,9,13,18H,3,8,10H2,1-2H3,(H,17,19). The van der Waals surface area contributed by atoms with Crippen molar-refractivity contribution in [2.75, 3.05) is 18.6 Å². The lowest BCUT2D eigenvalue weighted by Crippen LogP contribution is -2.36. The maximum absolute atomic E-state index is 13.7. The van der Waals surface area contributed by atoms with Crippen LogP contribution in [0.5, 0.6) is 0 Å². The van der Waals surface area contributed by atoms with Gasteiger partial charge in [-0.25, -0.2) is 4.39 Å². The molecule has 1 aromatic rings. The van der Waals surface area contributed by atoms with Gasteiger partial charge >= 0.3 is 0 Å². The van der Waals surface area contributed by atoms with E-state index in [0.717, 1.165) is 12.2 Å². The van der Waals surface area contributed by atoms with Gasteiger partial charge in [-0.3, -0.25) is 4.79 Å². The quantitative estimate of drug-likeness (QED) is 0.817. The van der Waals surface area contributed by atoms with Crippen molar-refractivity contribution in [1.82, 2.24) is 5.32 Å². The smallest absolute Gasteiger partial charge is 0.251 e. The van der Waals surface area contributed by atoms with Crippen molar-refractivity contribution in [3.8, 4) is 11.8 Å². The Morgan fingerprint density at radius 1 is 1.55 bits per heavy atom. The van der Waals surface area contributed by atoms with Crippen LogP contribution in [-0.4, -0.2) is 35.7 Å². The predicted molar refractivity (Wildman–Crippen MR) is 80.3 cm³/mol. The second-order valence-corrected chi connectivity index (χ2v) is 5.10. The highest BCUT2D eigenvalue weighted by Gasteiger charge is 2.13. The lowest BCUT2D eigenvalue weighted by molar-refractivity contribution is 0.0939. The van der Waals surface area contributed by atoms with Crippen LogP contribution in [0.4, 0.5) is 4.39 Å². The number of amides is 1. The molecule has 0 saturated carbocycles. The number of aliphatic hydroxyl groups is 1. The van der Waals surface area contributed by atoms with Crippen LogP contribution in [0, 0.1) is 17.7 Å². The topological polar surface area (TPSA) is 49.3 Å². The lowest BCUT2D eigenvalue weighted by Gasteiger charge is -2.15. The van der Waals surface area contributed by atoms with Crippen LogP contribution in [0.3, 0.4) is 0 Å². The number of benzene rings is 1. The van der Waals surface area contributed by atoms with E-state index in [4.69, 9.17) is 5.11 Å². The largest absolute Gasteiger partial charge is 0.384 e.